The smallest absolute Gasteiger partial charge is 0.306 e. The third-order valence-corrected chi connectivity index (χ3v) is 5.38. The number of ether oxygens (including phenoxy) is 2. The van der Waals surface area contributed by atoms with E-state index < -0.39 is 24.4 Å². The molecule has 0 bridgehead atoms. The molecule has 0 unspecified atom stereocenters. The van der Waals surface area contributed by atoms with Crippen molar-refractivity contribution in [2.45, 2.75) is 108 Å². The van der Waals surface area contributed by atoms with Crippen LogP contribution < -0.4 is 0 Å². The molecule has 6 nitrogen and oxygen atoms in total. The van der Waals surface area contributed by atoms with Gasteiger partial charge in [0, 0.05) is 6.42 Å². The summed E-state index contributed by atoms with van der Waals surface area (Å²) in [6.45, 7) is 1.82. The van der Waals surface area contributed by atoms with Crippen LogP contribution >= 0.6 is 0 Å². The van der Waals surface area contributed by atoms with Gasteiger partial charge in [-0.25, -0.2) is 0 Å². The lowest BCUT2D eigenvalue weighted by Gasteiger charge is -2.36. The first kappa shape index (κ1) is 26.8. The Hall–Kier alpha value is -1.21. The van der Waals surface area contributed by atoms with Crippen molar-refractivity contribution in [3.05, 3.63) is 24.3 Å². The second-order valence-electron chi connectivity index (χ2n) is 8.04. The number of carbonyl (C=O) groups excluding carboxylic acids is 1. The number of rotatable bonds is 16. The minimum absolute atomic E-state index is 0.0165. The molecular formula is C24H42O6. The van der Waals surface area contributed by atoms with Crippen LogP contribution in [0.15, 0.2) is 24.3 Å². The average Bonchev–Trinajstić information content (AvgIpc) is 2.74. The standard InChI is InChI=1S/C24H42O6/c1-2-3-4-5-6-7-8-9-10-11-12-13-14-15-16-17-22(26)30-21-19-29-20(18-25)23(27)24(21)28/h6-7,9-10,20-21,23-25,27-28H,2-5,8,11-19H2,1H3/b7-6-,10-9-/t20-,21+,23-,24-/m1/s1. The van der Waals surface area contributed by atoms with Gasteiger partial charge in [0.25, 0.3) is 0 Å². The van der Waals surface area contributed by atoms with Gasteiger partial charge in [-0.3, -0.25) is 4.79 Å². The van der Waals surface area contributed by atoms with Crippen molar-refractivity contribution in [1.82, 2.24) is 0 Å². The van der Waals surface area contributed by atoms with E-state index in [2.05, 4.69) is 31.2 Å². The number of esters is 1. The highest BCUT2D eigenvalue weighted by molar-refractivity contribution is 5.69. The van der Waals surface area contributed by atoms with Gasteiger partial charge in [0.15, 0.2) is 6.10 Å². The van der Waals surface area contributed by atoms with E-state index in [1.165, 1.54) is 25.7 Å². The normalized spacial score (nSPS) is 24.7. The molecule has 1 heterocycles. The highest BCUT2D eigenvalue weighted by atomic mass is 16.6. The molecule has 4 atom stereocenters. The van der Waals surface area contributed by atoms with Gasteiger partial charge < -0.3 is 24.8 Å². The molecule has 0 aliphatic carbocycles. The first-order valence-corrected chi connectivity index (χ1v) is 11.7. The van der Waals surface area contributed by atoms with Crippen LogP contribution in [-0.4, -0.2) is 58.9 Å². The maximum atomic E-state index is 11.9. The van der Waals surface area contributed by atoms with Gasteiger partial charge >= 0.3 is 5.97 Å². The lowest BCUT2D eigenvalue weighted by molar-refractivity contribution is -0.210. The van der Waals surface area contributed by atoms with Crippen LogP contribution in [0.25, 0.3) is 0 Å². The molecule has 0 amide bonds. The summed E-state index contributed by atoms with van der Waals surface area (Å²) in [5.74, 6) is -0.386. The first-order valence-electron chi connectivity index (χ1n) is 11.7. The quantitative estimate of drug-likeness (QED) is 0.197. The minimum Gasteiger partial charge on any atom is -0.457 e. The number of carbonyl (C=O) groups is 1. The van der Waals surface area contributed by atoms with Gasteiger partial charge in [-0.15, -0.1) is 0 Å². The van der Waals surface area contributed by atoms with E-state index in [4.69, 9.17) is 14.6 Å². The molecular weight excluding hydrogens is 384 g/mol. The number of unbranched alkanes of at least 4 members (excludes halogenated alkanes) is 8. The Bertz CT molecular complexity index is 490. The molecule has 30 heavy (non-hydrogen) atoms. The van der Waals surface area contributed by atoms with E-state index in [0.717, 1.165) is 44.9 Å². The molecule has 1 fully saturated rings. The van der Waals surface area contributed by atoms with Crippen LogP contribution in [0, 0.1) is 0 Å². The number of hydrogen-bond donors (Lipinski definition) is 3. The molecule has 6 heteroatoms. The number of aliphatic hydroxyl groups is 3. The Labute approximate surface area is 182 Å². The second kappa shape index (κ2) is 17.5. The zero-order chi connectivity index (χ0) is 22.0. The molecule has 3 N–H and O–H groups in total. The molecule has 0 aromatic carbocycles. The van der Waals surface area contributed by atoms with Crippen molar-refractivity contribution in [2.75, 3.05) is 13.2 Å². The Morgan fingerprint density at radius 1 is 0.933 bits per heavy atom. The lowest BCUT2D eigenvalue weighted by Crippen LogP contribution is -2.55. The average molecular weight is 427 g/mol. The summed E-state index contributed by atoms with van der Waals surface area (Å²) in [6, 6.07) is 0. The van der Waals surface area contributed by atoms with Crippen molar-refractivity contribution >= 4 is 5.97 Å². The largest absolute Gasteiger partial charge is 0.457 e. The fourth-order valence-corrected chi connectivity index (χ4v) is 3.43. The van der Waals surface area contributed by atoms with Crippen molar-refractivity contribution in [2.24, 2.45) is 0 Å². The van der Waals surface area contributed by atoms with Crippen LogP contribution in [-0.2, 0) is 14.3 Å². The van der Waals surface area contributed by atoms with Crippen molar-refractivity contribution < 1.29 is 29.6 Å². The van der Waals surface area contributed by atoms with Gasteiger partial charge in [0.1, 0.15) is 18.3 Å². The SMILES string of the molecule is CCCCC/C=C\C/C=C\CCCCCCCC(=O)O[C@H]1CO[C@H](CO)[C@@H](O)[C@@H]1O. The van der Waals surface area contributed by atoms with Crippen molar-refractivity contribution in [3.8, 4) is 0 Å². The van der Waals surface area contributed by atoms with Gasteiger partial charge in [0.05, 0.1) is 13.2 Å². The summed E-state index contributed by atoms with van der Waals surface area (Å²) in [6.07, 6.45) is 17.4. The molecule has 0 aromatic rings. The van der Waals surface area contributed by atoms with E-state index in [1.54, 1.807) is 0 Å². The summed E-state index contributed by atoms with van der Waals surface area (Å²) in [5.41, 5.74) is 0. The van der Waals surface area contributed by atoms with Crippen LogP contribution in [0.1, 0.15) is 84.0 Å². The van der Waals surface area contributed by atoms with Crippen LogP contribution in [0.3, 0.4) is 0 Å². The molecule has 0 radical (unpaired) electrons. The Kier molecular flexibility index (Phi) is 15.6. The van der Waals surface area contributed by atoms with E-state index in [1.807, 2.05) is 0 Å². The summed E-state index contributed by atoms with van der Waals surface area (Å²) >= 11 is 0. The topological polar surface area (TPSA) is 96.2 Å². The van der Waals surface area contributed by atoms with Crippen molar-refractivity contribution in [1.29, 1.82) is 0 Å². The Morgan fingerprint density at radius 2 is 1.57 bits per heavy atom. The molecule has 1 aliphatic heterocycles. The predicted molar refractivity (Wildman–Crippen MR) is 118 cm³/mol. The Balaban J connectivity index is 1.96. The molecule has 1 saturated heterocycles. The maximum Gasteiger partial charge on any atom is 0.306 e. The lowest BCUT2D eigenvalue weighted by atomic mass is 10.0. The van der Waals surface area contributed by atoms with Crippen LogP contribution in [0.5, 0.6) is 0 Å². The van der Waals surface area contributed by atoms with E-state index >= 15 is 0 Å². The number of allylic oxidation sites excluding steroid dienone is 4. The van der Waals surface area contributed by atoms with Gasteiger partial charge in [-0.05, 0) is 38.5 Å². The molecule has 174 valence electrons. The molecule has 0 aromatic heterocycles. The summed E-state index contributed by atoms with van der Waals surface area (Å²) in [4.78, 5) is 11.9. The van der Waals surface area contributed by atoms with E-state index in [9.17, 15) is 15.0 Å². The van der Waals surface area contributed by atoms with Crippen LogP contribution in [0.4, 0.5) is 0 Å². The number of aliphatic hydroxyl groups excluding tert-OH is 3. The fraction of sp³-hybridized carbons (Fsp3) is 0.792. The summed E-state index contributed by atoms with van der Waals surface area (Å²) < 4.78 is 10.4. The highest BCUT2D eigenvalue weighted by Gasteiger charge is 2.40. The minimum atomic E-state index is -1.25. The first-order chi connectivity index (χ1) is 14.6. The Morgan fingerprint density at radius 3 is 2.23 bits per heavy atom. The zero-order valence-electron chi connectivity index (χ0n) is 18.6. The number of hydrogen-bond acceptors (Lipinski definition) is 6. The molecule has 0 spiro atoms. The van der Waals surface area contributed by atoms with E-state index in [0.29, 0.717) is 6.42 Å². The van der Waals surface area contributed by atoms with Crippen LogP contribution in [0.2, 0.25) is 0 Å². The fourth-order valence-electron chi connectivity index (χ4n) is 3.43. The monoisotopic (exact) mass is 426 g/mol. The van der Waals surface area contributed by atoms with Gasteiger partial charge in [-0.1, -0.05) is 63.3 Å². The maximum absolute atomic E-state index is 11.9. The summed E-state index contributed by atoms with van der Waals surface area (Å²) in [7, 11) is 0. The predicted octanol–water partition coefficient (Wildman–Crippen LogP) is 3.82. The zero-order valence-corrected chi connectivity index (χ0v) is 18.6. The van der Waals surface area contributed by atoms with Gasteiger partial charge in [-0.2, -0.15) is 0 Å². The molecule has 1 rings (SSSR count). The highest BCUT2D eigenvalue weighted by Crippen LogP contribution is 2.19. The van der Waals surface area contributed by atoms with Crippen molar-refractivity contribution in [3.63, 3.8) is 0 Å². The van der Waals surface area contributed by atoms with Gasteiger partial charge in [0.2, 0.25) is 0 Å². The van der Waals surface area contributed by atoms with E-state index in [-0.39, 0.29) is 19.2 Å². The third kappa shape index (κ3) is 11.8. The second-order valence-corrected chi connectivity index (χ2v) is 8.04. The summed E-state index contributed by atoms with van der Waals surface area (Å²) in [5, 5.41) is 28.8. The third-order valence-electron chi connectivity index (χ3n) is 5.38. The molecule has 1 aliphatic rings. The molecule has 0 saturated carbocycles.